The maximum absolute atomic E-state index is 12.9. The Balaban J connectivity index is 1.73. The van der Waals surface area contributed by atoms with Gasteiger partial charge in [0.1, 0.15) is 11.6 Å². The average molecular weight is 229 g/mol. The molecule has 1 nitrogen and oxygen atoms in total. The highest BCUT2D eigenvalue weighted by atomic mass is 19.1. The van der Waals surface area contributed by atoms with Crippen molar-refractivity contribution in [2.45, 2.75) is 12.8 Å². The van der Waals surface area contributed by atoms with E-state index in [0.29, 0.717) is 6.61 Å². The first kappa shape index (κ1) is 11.6. The van der Waals surface area contributed by atoms with Crippen LogP contribution in [0.1, 0.15) is 12.0 Å². The molecule has 1 radical (unpaired) electrons. The van der Waals surface area contributed by atoms with Crippen LogP contribution in [0.2, 0.25) is 0 Å². The molecule has 2 rings (SSSR count). The standard InChI is InChI=1S/C15H14FO/c16-14-8-4-6-13(12-14)7-5-11-17-15-9-2-1-3-10-15/h2-4,6,8-10,12H,5,7,11H2. The Morgan fingerprint density at radius 1 is 1.12 bits per heavy atom. The largest absolute Gasteiger partial charge is 0.494 e. The third-order valence-corrected chi connectivity index (χ3v) is 2.46. The molecule has 0 saturated heterocycles. The highest BCUT2D eigenvalue weighted by molar-refractivity contribution is 5.20. The maximum Gasteiger partial charge on any atom is 0.123 e. The minimum atomic E-state index is -0.179. The number of ether oxygens (including phenoxy) is 1. The smallest absolute Gasteiger partial charge is 0.123 e. The van der Waals surface area contributed by atoms with Crippen molar-refractivity contribution in [3.63, 3.8) is 0 Å². The van der Waals surface area contributed by atoms with Crippen LogP contribution in [0.25, 0.3) is 0 Å². The van der Waals surface area contributed by atoms with Crippen molar-refractivity contribution >= 4 is 0 Å². The van der Waals surface area contributed by atoms with Crippen molar-refractivity contribution in [1.29, 1.82) is 0 Å². The summed E-state index contributed by atoms with van der Waals surface area (Å²) in [6, 6.07) is 17.0. The molecule has 87 valence electrons. The second kappa shape index (κ2) is 6.04. The van der Waals surface area contributed by atoms with Gasteiger partial charge in [0.15, 0.2) is 0 Å². The molecule has 0 spiro atoms. The third kappa shape index (κ3) is 3.91. The van der Waals surface area contributed by atoms with E-state index in [4.69, 9.17) is 4.74 Å². The van der Waals surface area contributed by atoms with Gasteiger partial charge in [0.05, 0.1) is 6.61 Å². The van der Waals surface area contributed by atoms with Gasteiger partial charge in [-0.2, -0.15) is 0 Å². The van der Waals surface area contributed by atoms with E-state index in [1.165, 1.54) is 6.07 Å². The number of halogens is 1. The van der Waals surface area contributed by atoms with E-state index in [1.807, 2.05) is 30.3 Å². The Hall–Kier alpha value is -1.83. The van der Waals surface area contributed by atoms with Crippen molar-refractivity contribution in [3.8, 4) is 5.75 Å². The summed E-state index contributed by atoms with van der Waals surface area (Å²) < 4.78 is 18.5. The molecule has 0 saturated carbocycles. The van der Waals surface area contributed by atoms with Gasteiger partial charge in [-0.15, -0.1) is 0 Å². The predicted octanol–water partition coefficient (Wildman–Crippen LogP) is 3.64. The molecule has 0 bridgehead atoms. The summed E-state index contributed by atoms with van der Waals surface area (Å²) in [5.41, 5.74) is 1.01. The average Bonchev–Trinajstić information content (AvgIpc) is 2.36. The van der Waals surface area contributed by atoms with Gasteiger partial charge in [0, 0.05) is 0 Å². The quantitative estimate of drug-likeness (QED) is 0.711. The molecule has 0 amide bonds. The van der Waals surface area contributed by atoms with E-state index < -0.39 is 0 Å². The van der Waals surface area contributed by atoms with Gasteiger partial charge in [-0.1, -0.05) is 24.3 Å². The SMILES string of the molecule is Fc1cccc(CCCOc2cc[c]cc2)c1. The lowest BCUT2D eigenvalue weighted by Crippen LogP contribution is -1.99. The van der Waals surface area contributed by atoms with Crippen LogP contribution in [0.15, 0.2) is 48.5 Å². The molecule has 0 unspecified atom stereocenters. The number of hydrogen-bond acceptors (Lipinski definition) is 1. The van der Waals surface area contributed by atoms with Crippen molar-refractivity contribution in [2.24, 2.45) is 0 Å². The lowest BCUT2D eigenvalue weighted by Gasteiger charge is -2.05. The van der Waals surface area contributed by atoms with Crippen LogP contribution in [0.3, 0.4) is 0 Å². The molecule has 0 aliphatic carbocycles. The van der Waals surface area contributed by atoms with Gasteiger partial charge in [-0.05, 0) is 48.7 Å². The number of hydrogen-bond donors (Lipinski definition) is 0. The monoisotopic (exact) mass is 229 g/mol. The van der Waals surface area contributed by atoms with Crippen LogP contribution in [0.5, 0.6) is 5.75 Å². The van der Waals surface area contributed by atoms with E-state index in [1.54, 1.807) is 12.1 Å². The Kier molecular flexibility index (Phi) is 4.14. The van der Waals surface area contributed by atoms with Crippen molar-refractivity contribution in [3.05, 3.63) is 66.0 Å². The number of rotatable bonds is 5. The summed E-state index contributed by atoms with van der Waals surface area (Å²) in [5.74, 6) is 0.671. The molecule has 17 heavy (non-hydrogen) atoms. The van der Waals surface area contributed by atoms with E-state index in [9.17, 15) is 4.39 Å². The molecule has 2 aromatic rings. The summed E-state index contributed by atoms with van der Waals surface area (Å²) in [7, 11) is 0. The normalized spacial score (nSPS) is 10.2. The molecular weight excluding hydrogens is 215 g/mol. The molecular formula is C15H14FO. The predicted molar refractivity (Wildman–Crippen MR) is 65.5 cm³/mol. The van der Waals surface area contributed by atoms with Crippen molar-refractivity contribution in [1.82, 2.24) is 0 Å². The van der Waals surface area contributed by atoms with E-state index in [2.05, 4.69) is 6.07 Å². The summed E-state index contributed by atoms with van der Waals surface area (Å²) in [6.07, 6.45) is 1.71. The van der Waals surface area contributed by atoms with Gasteiger partial charge in [0.25, 0.3) is 0 Å². The Morgan fingerprint density at radius 2 is 1.94 bits per heavy atom. The zero-order valence-corrected chi connectivity index (χ0v) is 9.53. The third-order valence-electron chi connectivity index (χ3n) is 2.46. The fraction of sp³-hybridized carbons (Fsp3) is 0.200. The maximum atomic E-state index is 12.9. The van der Waals surface area contributed by atoms with Gasteiger partial charge in [-0.25, -0.2) is 4.39 Å². The van der Waals surface area contributed by atoms with Crippen molar-refractivity contribution in [2.75, 3.05) is 6.61 Å². The van der Waals surface area contributed by atoms with E-state index >= 15 is 0 Å². The fourth-order valence-corrected chi connectivity index (χ4v) is 1.63. The van der Waals surface area contributed by atoms with E-state index in [-0.39, 0.29) is 5.82 Å². The first-order valence-corrected chi connectivity index (χ1v) is 5.68. The molecule has 0 fully saturated rings. The molecule has 0 heterocycles. The van der Waals surface area contributed by atoms with Crippen LogP contribution in [0, 0.1) is 11.9 Å². The Bertz CT molecular complexity index is 453. The first-order chi connectivity index (χ1) is 8.34. The fourth-order valence-electron chi connectivity index (χ4n) is 1.63. The summed E-state index contributed by atoms with van der Waals surface area (Å²) in [4.78, 5) is 0. The second-order valence-corrected chi connectivity index (χ2v) is 3.82. The van der Waals surface area contributed by atoms with Crippen LogP contribution >= 0.6 is 0 Å². The lowest BCUT2D eigenvalue weighted by molar-refractivity contribution is 0.311. The molecule has 0 aliphatic rings. The van der Waals surface area contributed by atoms with Crippen LogP contribution in [-0.2, 0) is 6.42 Å². The second-order valence-electron chi connectivity index (χ2n) is 3.82. The van der Waals surface area contributed by atoms with Gasteiger partial charge < -0.3 is 4.74 Å². The molecule has 2 heteroatoms. The van der Waals surface area contributed by atoms with Gasteiger partial charge >= 0.3 is 0 Å². The summed E-state index contributed by atoms with van der Waals surface area (Å²) >= 11 is 0. The molecule has 0 atom stereocenters. The Morgan fingerprint density at radius 3 is 2.71 bits per heavy atom. The molecule has 0 aromatic heterocycles. The van der Waals surface area contributed by atoms with Crippen LogP contribution in [-0.4, -0.2) is 6.61 Å². The highest BCUT2D eigenvalue weighted by Crippen LogP contribution is 2.10. The molecule has 2 aromatic carbocycles. The first-order valence-electron chi connectivity index (χ1n) is 5.68. The zero-order valence-electron chi connectivity index (χ0n) is 9.53. The zero-order chi connectivity index (χ0) is 11.9. The van der Waals surface area contributed by atoms with Crippen molar-refractivity contribution < 1.29 is 9.13 Å². The summed E-state index contributed by atoms with van der Waals surface area (Å²) in [5, 5.41) is 0. The number of benzene rings is 2. The molecule has 0 N–H and O–H groups in total. The minimum Gasteiger partial charge on any atom is -0.494 e. The van der Waals surface area contributed by atoms with E-state index in [0.717, 1.165) is 24.2 Å². The van der Waals surface area contributed by atoms with Gasteiger partial charge in [-0.3, -0.25) is 0 Å². The van der Waals surface area contributed by atoms with Crippen LogP contribution < -0.4 is 4.74 Å². The lowest BCUT2D eigenvalue weighted by atomic mass is 10.1. The van der Waals surface area contributed by atoms with Gasteiger partial charge in [0.2, 0.25) is 0 Å². The number of aryl methyl sites for hydroxylation is 1. The topological polar surface area (TPSA) is 9.23 Å². The Labute approximate surface area is 101 Å². The highest BCUT2D eigenvalue weighted by Gasteiger charge is 1.96. The summed E-state index contributed by atoms with van der Waals surface area (Å²) in [6.45, 7) is 0.639. The van der Waals surface area contributed by atoms with Crippen LogP contribution in [0.4, 0.5) is 4.39 Å². The molecule has 0 aliphatic heterocycles. The minimum absolute atomic E-state index is 0.179.